The topological polar surface area (TPSA) is 64.9 Å². The molecule has 0 radical (unpaired) electrons. The van der Waals surface area contributed by atoms with Crippen molar-refractivity contribution in [1.29, 1.82) is 0 Å². The fourth-order valence-electron chi connectivity index (χ4n) is 1.63. The van der Waals surface area contributed by atoms with Gasteiger partial charge < -0.3 is 10.3 Å². The minimum absolute atomic E-state index is 0.411. The molecule has 84 valence electrons. The average molecular weight is 217 g/mol. The van der Waals surface area contributed by atoms with E-state index in [1.807, 2.05) is 18.2 Å². The van der Waals surface area contributed by atoms with Crippen LogP contribution < -0.4 is 5.73 Å². The third-order valence-electron chi connectivity index (χ3n) is 2.30. The van der Waals surface area contributed by atoms with Gasteiger partial charge in [0.2, 0.25) is 0 Å². The van der Waals surface area contributed by atoms with Crippen LogP contribution in [0.4, 0.5) is 5.82 Å². The van der Waals surface area contributed by atoms with E-state index in [2.05, 4.69) is 24.0 Å². The molecule has 4 heteroatoms. The highest BCUT2D eigenvalue weighted by Crippen LogP contribution is 2.29. The highest BCUT2D eigenvalue weighted by Gasteiger charge is 2.17. The summed E-state index contributed by atoms with van der Waals surface area (Å²) in [5.74, 6) is 1.72. The Morgan fingerprint density at radius 1 is 1.38 bits per heavy atom. The summed E-state index contributed by atoms with van der Waals surface area (Å²) in [7, 11) is 0. The van der Waals surface area contributed by atoms with Crippen LogP contribution in [0, 0.1) is 5.92 Å². The Balaban J connectivity index is 2.43. The standard InChI is InChI=1S/C12H15N3O/c1-8(2)7-10-11(12(13)15-16-10)9-5-3-4-6-14-9/h3-6,8H,7H2,1-2H3,(H2,13,15). The second-order valence-corrected chi connectivity index (χ2v) is 4.18. The summed E-state index contributed by atoms with van der Waals surface area (Å²) < 4.78 is 5.25. The Labute approximate surface area is 94.5 Å². The SMILES string of the molecule is CC(C)Cc1onc(N)c1-c1ccccn1. The lowest BCUT2D eigenvalue weighted by molar-refractivity contribution is 0.372. The first-order valence-electron chi connectivity index (χ1n) is 5.34. The fourth-order valence-corrected chi connectivity index (χ4v) is 1.63. The predicted octanol–water partition coefficient (Wildman–Crippen LogP) is 2.52. The zero-order chi connectivity index (χ0) is 11.5. The number of nitrogen functional groups attached to an aromatic ring is 1. The third-order valence-corrected chi connectivity index (χ3v) is 2.30. The van der Waals surface area contributed by atoms with Crippen LogP contribution >= 0.6 is 0 Å². The van der Waals surface area contributed by atoms with Crippen LogP contribution in [0.15, 0.2) is 28.9 Å². The first kappa shape index (κ1) is 10.7. The summed E-state index contributed by atoms with van der Waals surface area (Å²) in [4.78, 5) is 4.27. The summed E-state index contributed by atoms with van der Waals surface area (Å²) in [6, 6.07) is 5.70. The predicted molar refractivity (Wildman–Crippen MR) is 62.7 cm³/mol. The lowest BCUT2D eigenvalue weighted by Crippen LogP contribution is -1.96. The van der Waals surface area contributed by atoms with E-state index >= 15 is 0 Å². The lowest BCUT2D eigenvalue weighted by atomic mass is 10.0. The molecule has 4 nitrogen and oxygen atoms in total. The average Bonchev–Trinajstić information content (AvgIpc) is 2.60. The van der Waals surface area contributed by atoms with Crippen LogP contribution in [0.1, 0.15) is 19.6 Å². The Morgan fingerprint density at radius 2 is 2.19 bits per heavy atom. The van der Waals surface area contributed by atoms with Crippen LogP contribution in [0.2, 0.25) is 0 Å². The van der Waals surface area contributed by atoms with Gasteiger partial charge in [-0.1, -0.05) is 25.1 Å². The molecule has 0 saturated heterocycles. The van der Waals surface area contributed by atoms with Crippen LogP contribution in [0.3, 0.4) is 0 Å². The Morgan fingerprint density at radius 3 is 2.81 bits per heavy atom. The third kappa shape index (κ3) is 2.05. The molecule has 0 aromatic carbocycles. The molecule has 2 rings (SSSR count). The van der Waals surface area contributed by atoms with Gasteiger partial charge in [-0.05, 0) is 18.1 Å². The molecule has 0 spiro atoms. The Bertz CT molecular complexity index is 462. The smallest absolute Gasteiger partial charge is 0.176 e. The van der Waals surface area contributed by atoms with E-state index in [0.717, 1.165) is 23.4 Å². The number of anilines is 1. The summed E-state index contributed by atoms with van der Waals surface area (Å²) in [6.45, 7) is 4.25. The van der Waals surface area contributed by atoms with Crippen LogP contribution in [-0.4, -0.2) is 10.1 Å². The quantitative estimate of drug-likeness (QED) is 0.857. The van der Waals surface area contributed by atoms with E-state index < -0.39 is 0 Å². The van der Waals surface area contributed by atoms with E-state index in [1.54, 1.807) is 6.20 Å². The second kappa shape index (κ2) is 4.35. The molecule has 16 heavy (non-hydrogen) atoms. The molecule has 0 aliphatic heterocycles. The number of hydrogen-bond donors (Lipinski definition) is 1. The molecule has 0 atom stereocenters. The molecular weight excluding hydrogens is 202 g/mol. The van der Waals surface area contributed by atoms with Gasteiger partial charge in [-0.15, -0.1) is 0 Å². The largest absolute Gasteiger partial charge is 0.380 e. The van der Waals surface area contributed by atoms with E-state index in [1.165, 1.54) is 0 Å². The maximum atomic E-state index is 5.80. The fraction of sp³-hybridized carbons (Fsp3) is 0.333. The van der Waals surface area contributed by atoms with Gasteiger partial charge in [0.15, 0.2) is 5.82 Å². The molecule has 0 unspecified atom stereocenters. The van der Waals surface area contributed by atoms with Crippen molar-refractivity contribution < 1.29 is 4.52 Å². The van der Waals surface area contributed by atoms with Crippen LogP contribution in [-0.2, 0) is 6.42 Å². The van der Waals surface area contributed by atoms with Crippen molar-refractivity contribution in [2.24, 2.45) is 5.92 Å². The molecule has 0 bridgehead atoms. The normalized spacial score (nSPS) is 10.9. The van der Waals surface area contributed by atoms with Crippen LogP contribution in [0.5, 0.6) is 0 Å². The summed E-state index contributed by atoms with van der Waals surface area (Å²) in [6.07, 6.45) is 2.55. The number of nitrogens with zero attached hydrogens (tertiary/aromatic N) is 2. The molecule has 0 saturated carbocycles. The monoisotopic (exact) mass is 217 g/mol. The number of pyridine rings is 1. The lowest BCUT2D eigenvalue weighted by Gasteiger charge is -2.03. The van der Waals surface area contributed by atoms with Crippen molar-refractivity contribution in [2.75, 3.05) is 5.73 Å². The van der Waals surface area contributed by atoms with Gasteiger partial charge in [0.1, 0.15) is 5.76 Å². The first-order valence-corrected chi connectivity index (χ1v) is 5.34. The van der Waals surface area contributed by atoms with Gasteiger partial charge in [-0.3, -0.25) is 4.98 Å². The molecular formula is C12H15N3O. The van der Waals surface area contributed by atoms with E-state index in [4.69, 9.17) is 10.3 Å². The molecule has 2 heterocycles. The van der Waals surface area contributed by atoms with Crippen molar-refractivity contribution in [2.45, 2.75) is 20.3 Å². The highest BCUT2D eigenvalue weighted by atomic mass is 16.5. The second-order valence-electron chi connectivity index (χ2n) is 4.18. The Hall–Kier alpha value is -1.84. The van der Waals surface area contributed by atoms with Crippen molar-refractivity contribution in [3.05, 3.63) is 30.2 Å². The number of nitrogens with two attached hydrogens (primary N) is 1. The molecule has 2 aromatic rings. The van der Waals surface area contributed by atoms with Gasteiger partial charge in [-0.25, -0.2) is 0 Å². The van der Waals surface area contributed by atoms with E-state index in [0.29, 0.717) is 11.7 Å². The van der Waals surface area contributed by atoms with Gasteiger partial charge in [-0.2, -0.15) is 0 Å². The molecule has 2 aromatic heterocycles. The van der Waals surface area contributed by atoms with Crippen molar-refractivity contribution >= 4 is 5.82 Å². The number of hydrogen-bond acceptors (Lipinski definition) is 4. The number of aromatic nitrogens is 2. The molecule has 0 amide bonds. The van der Waals surface area contributed by atoms with Gasteiger partial charge in [0.25, 0.3) is 0 Å². The highest BCUT2D eigenvalue weighted by molar-refractivity contribution is 5.72. The minimum Gasteiger partial charge on any atom is -0.380 e. The van der Waals surface area contributed by atoms with E-state index in [9.17, 15) is 0 Å². The summed E-state index contributed by atoms with van der Waals surface area (Å²) in [5, 5.41) is 3.81. The van der Waals surface area contributed by atoms with Gasteiger partial charge >= 0.3 is 0 Å². The maximum Gasteiger partial charge on any atom is 0.176 e. The van der Waals surface area contributed by atoms with Gasteiger partial charge in [0, 0.05) is 12.6 Å². The zero-order valence-electron chi connectivity index (χ0n) is 9.47. The summed E-state index contributed by atoms with van der Waals surface area (Å²) >= 11 is 0. The summed E-state index contributed by atoms with van der Waals surface area (Å²) in [5.41, 5.74) is 7.45. The molecule has 0 aliphatic rings. The van der Waals surface area contributed by atoms with Gasteiger partial charge in [0.05, 0.1) is 11.3 Å². The minimum atomic E-state index is 0.411. The molecule has 0 aliphatic carbocycles. The van der Waals surface area contributed by atoms with Crippen molar-refractivity contribution in [3.8, 4) is 11.3 Å². The first-order chi connectivity index (χ1) is 7.68. The van der Waals surface area contributed by atoms with Crippen LogP contribution in [0.25, 0.3) is 11.3 Å². The zero-order valence-corrected chi connectivity index (χ0v) is 9.47. The Kier molecular flexibility index (Phi) is 2.90. The number of rotatable bonds is 3. The molecule has 0 fully saturated rings. The van der Waals surface area contributed by atoms with E-state index in [-0.39, 0.29) is 0 Å². The van der Waals surface area contributed by atoms with Crippen molar-refractivity contribution in [3.63, 3.8) is 0 Å². The molecule has 2 N–H and O–H groups in total. The van der Waals surface area contributed by atoms with Crippen molar-refractivity contribution in [1.82, 2.24) is 10.1 Å². The maximum absolute atomic E-state index is 5.80.